The van der Waals surface area contributed by atoms with E-state index in [2.05, 4.69) is 20.8 Å². The van der Waals surface area contributed by atoms with E-state index in [1.165, 1.54) is 6.92 Å². The Labute approximate surface area is 103 Å². The average molecular weight is 238 g/mol. The standard InChI is InChI=1S/C14H22O3/c1-9(15)17-11-8-14(4)7-5-6-10(16)12(11)13(14,2)3/h11-12H,5-8H2,1-4H3/t11-,12-,14+/m1/s1. The van der Waals surface area contributed by atoms with Crippen LogP contribution in [-0.2, 0) is 14.3 Å². The van der Waals surface area contributed by atoms with E-state index >= 15 is 0 Å². The van der Waals surface area contributed by atoms with Crippen molar-refractivity contribution < 1.29 is 14.3 Å². The number of carbonyl (C=O) groups is 2. The first-order valence-electron chi connectivity index (χ1n) is 6.48. The van der Waals surface area contributed by atoms with Gasteiger partial charge in [0.2, 0.25) is 0 Å². The van der Waals surface area contributed by atoms with E-state index in [4.69, 9.17) is 4.74 Å². The van der Waals surface area contributed by atoms with Gasteiger partial charge in [-0.15, -0.1) is 0 Å². The lowest BCUT2D eigenvalue weighted by atomic mass is 9.65. The van der Waals surface area contributed by atoms with Crippen molar-refractivity contribution in [3.63, 3.8) is 0 Å². The molecule has 0 aromatic rings. The summed E-state index contributed by atoms with van der Waals surface area (Å²) in [5, 5.41) is 0. The Morgan fingerprint density at radius 3 is 2.59 bits per heavy atom. The van der Waals surface area contributed by atoms with E-state index < -0.39 is 0 Å². The van der Waals surface area contributed by atoms with Crippen molar-refractivity contribution >= 4 is 11.8 Å². The van der Waals surface area contributed by atoms with Crippen LogP contribution >= 0.6 is 0 Å². The largest absolute Gasteiger partial charge is 0.462 e. The summed E-state index contributed by atoms with van der Waals surface area (Å²) in [5.74, 6) is -0.102. The Hall–Kier alpha value is -0.860. The third-order valence-electron chi connectivity index (χ3n) is 5.17. The highest BCUT2D eigenvalue weighted by molar-refractivity contribution is 5.84. The predicted octanol–water partition coefficient (Wildman–Crippen LogP) is 2.72. The zero-order chi connectivity index (χ0) is 12.8. The lowest BCUT2D eigenvalue weighted by molar-refractivity contribution is -0.151. The fourth-order valence-electron chi connectivity index (χ4n) is 3.83. The molecule has 0 aromatic carbocycles. The van der Waals surface area contributed by atoms with Gasteiger partial charge in [0.25, 0.3) is 0 Å². The Morgan fingerprint density at radius 2 is 2.00 bits per heavy atom. The number of hydrogen-bond acceptors (Lipinski definition) is 3. The first kappa shape index (κ1) is 12.6. The van der Waals surface area contributed by atoms with E-state index in [-0.39, 0.29) is 34.6 Å². The molecule has 0 spiro atoms. The van der Waals surface area contributed by atoms with Crippen LogP contribution in [0.1, 0.15) is 53.4 Å². The van der Waals surface area contributed by atoms with E-state index in [0.29, 0.717) is 6.42 Å². The zero-order valence-electron chi connectivity index (χ0n) is 11.2. The van der Waals surface area contributed by atoms with Crippen molar-refractivity contribution in [3.05, 3.63) is 0 Å². The number of ether oxygens (including phenoxy) is 1. The van der Waals surface area contributed by atoms with E-state index in [1.54, 1.807) is 0 Å². The first-order chi connectivity index (χ1) is 7.78. The van der Waals surface area contributed by atoms with Gasteiger partial charge in [-0.3, -0.25) is 9.59 Å². The second-order valence-corrected chi connectivity index (χ2v) is 6.43. The smallest absolute Gasteiger partial charge is 0.302 e. The molecule has 96 valence electrons. The van der Waals surface area contributed by atoms with Crippen molar-refractivity contribution in [3.8, 4) is 0 Å². The van der Waals surface area contributed by atoms with Crippen LogP contribution in [0.4, 0.5) is 0 Å². The molecule has 0 aliphatic heterocycles. The monoisotopic (exact) mass is 238 g/mol. The molecule has 2 saturated carbocycles. The lowest BCUT2D eigenvalue weighted by Gasteiger charge is -2.39. The molecule has 2 rings (SSSR count). The van der Waals surface area contributed by atoms with Crippen molar-refractivity contribution in [2.45, 2.75) is 59.5 Å². The molecule has 3 heteroatoms. The van der Waals surface area contributed by atoms with Gasteiger partial charge in [-0.1, -0.05) is 20.8 Å². The highest BCUT2D eigenvalue weighted by Gasteiger charge is 2.60. The Morgan fingerprint density at radius 1 is 1.35 bits per heavy atom. The molecular formula is C14H22O3. The van der Waals surface area contributed by atoms with Crippen molar-refractivity contribution in [2.75, 3.05) is 0 Å². The van der Waals surface area contributed by atoms with Crippen molar-refractivity contribution in [1.29, 1.82) is 0 Å². The fraction of sp³-hybridized carbons (Fsp3) is 0.857. The summed E-state index contributed by atoms with van der Waals surface area (Å²) in [5.41, 5.74) is 0.0463. The molecule has 2 aliphatic rings. The van der Waals surface area contributed by atoms with Gasteiger partial charge in [0.05, 0.1) is 5.92 Å². The third-order valence-corrected chi connectivity index (χ3v) is 5.17. The van der Waals surface area contributed by atoms with Gasteiger partial charge in [0.1, 0.15) is 11.9 Å². The van der Waals surface area contributed by atoms with Crippen LogP contribution in [0.2, 0.25) is 0 Å². The summed E-state index contributed by atoms with van der Waals surface area (Å²) in [4.78, 5) is 23.4. The third kappa shape index (κ3) is 1.80. The van der Waals surface area contributed by atoms with Gasteiger partial charge in [-0.25, -0.2) is 0 Å². The maximum absolute atomic E-state index is 12.2. The van der Waals surface area contributed by atoms with Crippen LogP contribution in [0, 0.1) is 16.7 Å². The maximum Gasteiger partial charge on any atom is 0.302 e. The van der Waals surface area contributed by atoms with Crippen LogP contribution in [0.3, 0.4) is 0 Å². The van der Waals surface area contributed by atoms with Crippen LogP contribution in [-0.4, -0.2) is 17.9 Å². The quantitative estimate of drug-likeness (QED) is 0.660. The minimum atomic E-state index is -0.270. The molecule has 17 heavy (non-hydrogen) atoms. The van der Waals surface area contributed by atoms with Crippen LogP contribution in [0.15, 0.2) is 0 Å². The summed E-state index contributed by atoms with van der Waals surface area (Å²) in [7, 11) is 0. The lowest BCUT2D eigenvalue weighted by Crippen LogP contribution is -2.37. The molecule has 2 bridgehead atoms. The van der Waals surface area contributed by atoms with Gasteiger partial charge < -0.3 is 4.74 Å². The van der Waals surface area contributed by atoms with Crippen molar-refractivity contribution in [1.82, 2.24) is 0 Å². The highest BCUT2D eigenvalue weighted by Crippen LogP contribution is 2.61. The number of hydrogen-bond donors (Lipinski definition) is 0. The number of carbonyl (C=O) groups excluding carboxylic acids is 2. The predicted molar refractivity (Wildman–Crippen MR) is 64.4 cm³/mol. The van der Waals surface area contributed by atoms with Gasteiger partial charge in [0.15, 0.2) is 0 Å². The fourth-order valence-corrected chi connectivity index (χ4v) is 3.83. The molecule has 3 atom stereocenters. The zero-order valence-corrected chi connectivity index (χ0v) is 11.2. The number of ketones is 1. The average Bonchev–Trinajstić information content (AvgIpc) is 2.26. The number of fused-ring (bicyclic) bond motifs is 2. The van der Waals surface area contributed by atoms with Crippen LogP contribution in [0.5, 0.6) is 0 Å². The van der Waals surface area contributed by atoms with Crippen molar-refractivity contribution in [2.24, 2.45) is 16.7 Å². The van der Waals surface area contributed by atoms with Gasteiger partial charge in [-0.05, 0) is 30.1 Å². The molecule has 0 unspecified atom stereocenters. The Kier molecular flexibility index (Phi) is 2.83. The minimum Gasteiger partial charge on any atom is -0.462 e. The second-order valence-electron chi connectivity index (χ2n) is 6.43. The first-order valence-corrected chi connectivity index (χ1v) is 6.48. The van der Waals surface area contributed by atoms with Crippen LogP contribution < -0.4 is 0 Å². The maximum atomic E-state index is 12.2. The Bertz CT molecular complexity index is 358. The topological polar surface area (TPSA) is 43.4 Å². The summed E-state index contributed by atoms with van der Waals surface area (Å²) < 4.78 is 5.39. The summed E-state index contributed by atoms with van der Waals surface area (Å²) >= 11 is 0. The highest BCUT2D eigenvalue weighted by atomic mass is 16.5. The molecule has 2 fully saturated rings. The molecule has 2 aliphatic carbocycles. The Balaban J connectivity index is 2.37. The van der Waals surface area contributed by atoms with Gasteiger partial charge in [0, 0.05) is 13.3 Å². The van der Waals surface area contributed by atoms with E-state index in [0.717, 1.165) is 19.3 Å². The molecule has 0 radical (unpaired) electrons. The molecule has 0 amide bonds. The second kappa shape index (κ2) is 3.82. The normalized spacial score (nSPS) is 39.9. The number of rotatable bonds is 1. The summed E-state index contributed by atoms with van der Waals surface area (Å²) in [6.45, 7) is 7.98. The molecule has 0 N–H and O–H groups in total. The summed E-state index contributed by atoms with van der Waals surface area (Å²) in [6, 6.07) is 0. The van der Waals surface area contributed by atoms with E-state index in [1.807, 2.05) is 0 Å². The molecule has 0 heterocycles. The number of Topliss-reactive ketones (excluding diaryl/α,β-unsaturated/α-hetero) is 1. The molecule has 3 nitrogen and oxygen atoms in total. The summed E-state index contributed by atoms with van der Waals surface area (Å²) in [6.07, 6.45) is 3.29. The minimum absolute atomic E-state index is 0.0687. The molecule has 0 aromatic heterocycles. The molecular weight excluding hydrogens is 216 g/mol. The SMILES string of the molecule is CC(=O)O[C@@H]1C[C@]2(C)CCCC(=O)[C@H]1C2(C)C. The number of esters is 1. The molecule has 0 saturated heterocycles. The van der Waals surface area contributed by atoms with Crippen LogP contribution in [0.25, 0.3) is 0 Å². The van der Waals surface area contributed by atoms with Gasteiger partial charge in [-0.2, -0.15) is 0 Å². The van der Waals surface area contributed by atoms with Gasteiger partial charge >= 0.3 is 5.97 Å². The van der Waals surface area contributed by atoms with E-state index in [9.17, 15) is 9.59 Å².